The highest BCUT2D eigenvalue weighted by molar-refractivity contribution is 9.10. The van der Waals surface area contributed by atoms with E-state index in [0.29, 0.717) is 0 Å². The van der Waals surface area contributed by atoms with Gasteiger partial charge >= 0.3 is 0 Å². The Hall–Kier alpha value is -0.580. The Morgan fingerprint density at radius 3 is 2.70 bits per heavy atom. The van der Waals surface area contributed by atoms with E-state index in [-0.39, 0.29) is 0 Å². The third-order valence-electron chi connectivity index (χ3n) is 3.74. The molecule has 0 bridgehead atoms. The van der Waals surface area contributed by atoms with Crippen molar-refractivity contribution >= 4 is 15.9 Å². The van der Waals surface area contributed by atoms with Crippen LogP contribution in [0.3, 0.4) is 0 Å². The van der Waals surface area contributed by atoms with Crippen molar-refractivity contribution in [3.63, 3.8) is 0 Å². The van der Waals surface area contributed by atoms with Gasteiger partial charge in [-0.15, -0.1) is 0 Å². The lowest BCUT2D eigenvalue weighted by Gasteiger charge is -2.19. The van der Waals surface area contributed by atoms with Gasteiger partial charge in [0.1, 0.15) is 12.4 Å². The molecule has 0 unspecified atom stereocenters. The zero-order chi connectivity index (χ0) is 14.4. The number of nitrogens with zero attached hydrogens (tertiary/aromatic N) is 1. The van der Waals surface area contributed by atoms with E-state index in [1.54, 1.807) is 0 Å². The van der Waals surface area contributed by atoms with Crippen LogP contribution in [0.2, 0.25) is 0 Å². The van der Waals surface area contributed by atoms with Gasteiger partial charge in [-0.25, -0.2) is 0 Å². The molecule has 0 atom stereocenters. The fourth-order valence-corrected chi connectivity index (χ4v) is 2.60. The van der Waals surface area contributed by atoms with Crippen molar-refractivity contribution in [1.29, 1.82) is 0 Å². The Balaban J connectivity index is 1.87. The summed E-state index contributed by atoms with van der Waals surface area (Å²) in [6.07, 6.45) is 2.62. The van der Waals surface area contributed by atoms with Crippen LogP contribution in [0.5, 0.6) is 5.75 Å². The average molecular weight is 341 g/mol. The zero-order valence-corrected chi connectivity index (χ0v) is 14.1. The van der Waals surface area contributed by atoms with Crippen LogP contribution in [-0.4, -0.2) is 37.2 Å². The minimum Gasteiger partial charge on any atom is -0.492 e. The van der Waals surface area contributed by atoms with Gasteiger partial charge in [0.05, 0.1) is 0 Å². The molecule has 0 spiro atoms. The van der Waals surface area contributed by atoms with Crippen LogP contribution in [0.25, 0.3) is 0 Å². The Kier molecular flexibility index (Phi) is 6.33. The van der Waals surface area contributed by atoms with Crippen molar-refractivity contribution in [2.24, 2.45) is 0 Å². The second-order valence-corrected chi connectivity index (χ2v) is 6.20. The van der Waals surface area contributed by atoms with Gasteiger partial charge in [-0.3, -0.25) is 0 Å². The summed E-state index contributed by atoms with van der Waals surface area (Å²) in [5.41, 5.74) is 1.24. The predicted molar refractivity (Wildman–Crippen MR) is 87.3 cm³/mol. The van der Waals surface area contributed by atoms with Crippen molar-refractivity contribution in [2.75, 3.05) is 26.2 Å². The number of likely N-dealkylation sites (N-methyl/N-ethyl adjacent to an activating group) is 1. The summed E-state index contributed by atoms with van der Waals surface area (Å²) in [5, 5.41) is 3.55. The van der Waals surface area contributed by atoms with Gasteiger partial charge in [0.2, 0.25) is 0 Å². The first-order chi connectivity index (χ1) is 9.72. The summed E-state index contributed by atoms with van der Waals surface area (Å²) < 4.78 is 7.09. The minimum atomic E-state index is 0.720. The maximum Gasteiger partial charge on any atom is 0.123 e. The molecule has 0 heterocycles. The number of rotatable bonds is 9. The summed E-state index contributed by atoms with van der Waals surface area (Å²) in [6.45, 7) is 9.16. The molecular formula is C16H25BrN2O. The fourth-order valence-electron chi connectivity index (χ4n) is 2.19. The van der Waals surface area contributed by atoms with E-state index in [2.05, 4.69) is 52.1 Å². The van der Waals surface area contributed by atoms with E-state index in [1.807, 2.05) is 6.07 Å². The molecule has 1 fully saturated rings. The second kappa shape index (κ2) is 8.01. The Labute approximate surface area is 130 Å². The highest BCUT2D eigenvalue weighted by atomic mass is 79.9. The standard InChI is InChI=1S/C16H25BrN2O/c1-3-19(4-2)9-10-20-16-8-5-14(17)11-13(16)12-18-15-6-7-15/h5,8,11,15,18H,3-4,6-7,9-10,12H2,1-2H3. The van der Waals surface area contributed by atoms with Crippen molar-refractivity contribution in [1.82, 2.24) is 10.2 Å². The number of halogens is 1. The number of ether oxygens (including phenoxy) is 1. The van der Waals surface area contributed by atoms with Crippen LogP contribution in [0, 0.1) is 0 Å². The van der Waals surface area contributed by atoms with Crippen LogP contribution in [0.4, 0.5) is 0 Å². The van der Waals surface area contributed by atoms with Gasteiger partial charge in [-0.1, -0.05) is 29.8 Å². The lowest BCUT2D eigenvalue weighted by Crippen LogP contribution is -2.28. The molecule has 4 heteroatoms. The van der Waals surface area contributed by atoms with E-state index in [9.17, 15) is 0 Å². The van der Waals surface area contributed by atoms with Gasteiger partial charge in [-0.2, -0.15) is 0 Å². The Bertz CT molecular complexity index is 417. The molecule has 0 amide bonds. The molecule has 112 valence electrons. The van der Waals surface area contributed by atoms with Gasteiger partial charge < -0.3 is 15.0 Å². The van der Waals surface area contributed by atoms with Crippen LogP contribution in [0.15, 0.2) is 22.7 Å². The van der Waals surface area contributed by atoms with Crippen molar-refractivity contribution < 1.29 is 4.74 Å². The summed E-state index contributed by atoms with van der Waals surface area (Å²) in [4.78, 5) is 2.38. The molecule has 2 rings (SSSR count). The van der Waals surface area contributed by atoms with Gasteiger partial charge in [0.25, 0.3) is 0 Å². The van der Waals surface area contributed by atoms with Gasteiger partial charge in [-0.05, 0) is 44.1 Å². The molecule has 1 aliphatic carbocycles. The fraction of sp³-hybridized carbons (Fsp3) is 0.625. The van der Waals surface area contributed by atoms with Gasteiger partial charge in [0.15, 0.2) is 0 Å². The largest absolute Gasteiger partial charge is 0.492 e. The normalized spacial score (nSPS) is 14.8. The van der Waals surface area contributed by atoms with Crippen molar-refractivity contribution in [2.45, 2.75) is 39.3 Å². The maximum atomic E-state index is 5.98. The van der Waals surface area contributed by atoms with E-state index in [1.165, 1.54) is 18.4 Å². The monoisotopic (exact) mass is 340 g/mol. The molecule has 1 aromatic rings. The van der Waals surface area contributed by atoms with E-state index < -0.39 is 0 Å². The molecule has 0 aliphatic heterocycles. The number of nitrogens with one attached hydrogen (secondary N) is 1. The van der Waals surface area contributed by atoms with E-state index >= 15 is 0 Å². The lowest BCUT2D eigenvalue weighted by molar-refractivity contribution is 0.221. The molecule has 1 saturated carbocycles. The van der Waals surface area contributed by atoms with Crippen molar-refractivity contribution in [3.05, 3.63) is 28.2 Å². The van der Waals surface area contributed by atoms with Crippen LogP contribution < -0.4 is 10.1 Å². The summed E-state index contributed by atoms with van der Waals surface area (Å²) >= 11 is 3.54. The Morgan fingerprint density at radius 1 is 1.30 bits per heavy atom. The summed E-state index contributed by atoms with van der Waals surface area (Å²) in [6, 6.07) is 6.99. The number of benzene rings is 1. The number of hydrogen-bond acceptors (Lipinski definition) is 3. The average Bonchev–Trinajstić information content (AvgIpc) is 3.27. The Morgan fingerprint density at radius 2 is 2.05 bits per heavy atom. The number of hydrogen-bond donors (Lipinski definition) is 1. The SMILES string of the molecule is CCN(CC)CCOc1ccc(Br)cc1CNC1CC1. The molecule has 1 aromatic carbocycles. The highest BCUT2D eigenvalue weighted by Crippen LogP contribution is 2.25. The van der Waals surface area contributed by atoms with Crippen LogP contribution >= 0.6 is 15.9 Å². The second-order valence-electron chi connectivity index (χ2n) is 5.28. The predicted octanol–water partition coefficient (Wildman–Crippen LogP) is 3.42. The molecule has 1 N–H and O–H groups in total. The first-order valence-corrected chi connectivity index (χ1v) is 8.39. The molecular weight excluding hydrogens is 316 g/mol. The highest BCUT2D eigenvalue weighted by Gasteiger charge is 2.20. The first kappa shape index (κ1) is 15.8. The first-order valence-electron chi connectivity index (χ1n) is 7.59. The van der Waals surface area contributed by atoms with Gasteiger partial charge in [0, 0.05) is 29.2 Å². The van der Waals surface area contributed by atoms with E-state index in [0.717, 1.165) is 49.0 Å². The molecule has 3 nitrogen and oxygen atoms in total. The molecule has 1 aliphatic rings. The molecule has 0 radical (unpaired) electrons. The van der Waals surface area contributed by atoms with Crippen LogP contribution in [0.1, 0.15) is 32.3 Å². The van der Waals surface area contributed by atoms with Crippen LogP contribution in [-0.2, 0) is 6.54 Å². The quantitative estimate of drug-likeness (QED) is 0.745. The summed E-state index contributed by atoms with van der Waals surface area (Å²) in [7, 11) is 0. The lowest BCUT2D eigenvalue weighted by atomic mass is 10.2. The molecule has 0 aromatic heterocycles. The third-order valence-corrected chi connectivity index (χ3v) is 4.23. The molecule has 20 heavy (non-hydrogen) atoms. The summed E-state index contributed by atoms with van der Waals surface area (Å²) in [5.74, 6) is 1.01. The smallest absolute Gasteiger partial charge is 0.123 e. The zero-order valence-electron chi connectivity index (χ0n) is 12.5. The molecule has 0 saturated heterocycles. The topological polar surface area (TPSA) is 24.5 Å². The van der Waals surface area contributed by atoms with Crippen molar-refractivity contribution in [3.8, 4) is 5.75 Å². The maximum absolute atomic E-state index is 5.98. The van der Waals surface area contributed by atoms with E-state index in [4.69, 9.17) is 4.74 Å². The third kappa shape index (κ3) is 5.08. The minimum absolute atomic E-state index is 0.720.